The lowest BCUT2D eigenvalue weighted by Gasteiger charge is -2.10. The average molecular weight is 354 g/mol. The zero-order chi connectivity index (χ0) is 18.3. The Hall–Kier alpha value is -1.32. The second-order valence-corrected chi connectivity index (χ2v) is 7.10. The topological polar surface area (TPSA) is 42.2 Å². The molecule has 1 aromatic rings. The van der Waals surface area contributed by atoms with Crippen molar-refractivity contribution in [3.63, 3.8) is 0 Å². The third-order valence-corrected chi connectivity index (χ3v) is 4.85. The molecule has 1 unspecified atom stereocenters. The molecule has 0 saturated heterocycles. The lowest BCUT2D eigenvalue weighted by molar-refractivity contribution is 0.0684. The van der Waals surface area contributed by atoms with Gasteiger partial charge in [0, 0.05) is 12.7 Å². The van der Waals surface area contributed by atoms with E-state index < -0.39 is 12.1 Å². The van der Waals surface area contributed by atoms with E-state index in [1.165, 1.54) is 57.8 Å². The number of halogens is 1. The Bertz CT molecular complexity index is 459. The molecule has 0 bridgehead atoms. The van der Waals surface area contributed by atoms with Gasteiger partial charge in [-0.3, -0.25) is 0 Å². The molecular formula is C21H36FNO2. The van der Waals surface area contributed by atoms with Crippen LogP contribution in [-0.2, 0) is 6.54 Å². The molecule has 0 aromatic carbocycles. The van der Waals surface area contributed by atoms with Gasteiger partial charge in [-0.05, 0) is 25.0 Å². The molecule has 0 saturated carbocycles. The molecule has 1 N–H and O–H groups in total. The quantitative estimate of drug-likeness (QED) is 0.339. The van der Waals surface area contributed by atoms with Crippen LogP contribution in [0.3, 0.4) is 0 Å². The largest absolute Gasteiger partial charge is 0.477 e. The Balaban J connectivity index is 1.94. The maximum atomic E-state index is 13.9. The van der Waals surface area contributed by atoms with E-state index >= 15 is 0 Å². The molecule has 4 heteroatoms. The number of aromatic carboxylic acids is 1. The number of rotatable bonds is 16. The predicted molar refractivity (Wildman–Crippen MR) is 102 cm³/mol. The van der Waals surface area contributed by atoms with E-state index in [1.54, 1.807) is 22.9 Å². The van der Waals surface area contributed by atoms with Crippen molar-refractivity contribution in [2.24, 2.45) is 0 Å². The number of aromatic nitrogens is 1. The fraction of sp³-hybridized carbons (Fsp3) is 0.762. The molecule has 0 aliphatic carbocycles. The Morgan fingerprint density at radius 1 is 1.00 bits per heavy atom. The van der Waals surface area contributed by atoms with Gasteiger partial charge in [0.05, 0.1) is 0 Å². The molecule has 1 aromatic heterocycles. The maximum Gasteiger partial charge on any atom is 0.352 e. The number of hydrogen-bond donors (Lipinski definition) is 1. The minimum atomic E-state index is -0.953. The summed E-state index contributed by atoms with van der Waals surface area (Å²) >= 11 is 0. The molecule has 144 valence electrons. The molecule has 3 nitrogen and oxygen atoms in total. The third-order valence-electron chi connectivity index (χ3n) is 4.85. The number of carboxylic acids is 1. The molecule has 0 fully saturated rings. The molecule has 0 aliphatic heterocycles. The zero-order valence-electron chi connectivity index (χ0n) is 15.9. The molecular weight excluding hydrogens is 317 g/mol. The predicted octanol–water partition coefficient (Wildman–Crippen LogP) is 6.62. The summed E-state index contributed by atoms with van der Waals surface area (Å²) in [6.07, 6.45) is 15.9. The summed E-state index contributed by atoms with van der Waals surface area (Å²) in [5, 5.41) is 9.02. The van der Waals surface area contributed by atoms with Gasteiger partial charge in [-0.25, -0.2) is 9.18 Å². The van der Waals surface area contributed by atoms with Gasteiger partial charge in [-0.15, -0.1) is 0 Å². The Kier molecular flexibility index (Phi) is 12.1. The molecule has 1 rings (SSSR count). The van der Waals surface area contributed by atoms with Gasteiger partial charge in [0.1, 0.15) is 11.9 Å². The lowest BCUT2D eigenvalue weighted by atomic mass is 10.0. The summed E-state index contributed by atoms with van der Waals surface area (Å²) in [5.74, 6) is -0.953. The van der Waals surface area contributed by atoms with Gasteiger partial charge >= 0.3 is 5.97 Å². The summed E-state index contributed by atoms with van der Waals surface area (Å²) in [7, 11) is 0. The Morgan fingerprint density at radius 2 is 1.56 bits per heavy atom. The van der Waals surface area contributed by atoms with Crippen LogP contribution in [-0.4, -0.2) is 21.8 Å². The van der Waals surface area contributed by atoms with E-state index in [1.807, 2.05) is 0 Å². The molecule has 1 heterocycles. The van der Waals surface area contributed by atoms with Crippen molar-refractivity contribution in [2.75, 3.05) is 0 Å². The first kappa shape index (κ1) is 21.7. The lowest BCUT2D eigenvalue weighted by Crippen LogP contribution is -2.11. The highest BCUT2D eigenvalue weighted by Crippen LogP contribution is 2.15. The van der Waals surface area contributed by atoms with Gasteiger partial charge in [0.15, 0.2) is 0 Å². The van der Waals surface area contributed by atoms with Gasteiger partial charge in [-0.2, -0.15) is 0 Å². The monoisotopic (exact) mass is 353 g/mol. The molecule has 1 atom stereocenters. The fourth-order valence-corrected chi connectivity index (χ4v) is 3.26. The number of alkyl halides is 1. The summed E-state index contributed by atoms with van der Waals surface area (Å²) in [4.78, 5) is 11.0. The smallest absolute Gasteiger partial charge is 0.352 e. The minimum Gasteiger partial charge on any atom is -0.477 e. The first-order valence-electron chi connectivity index (χ1n) is 10.2. The van der Waals surface area contributed by atoms with E-state index in [2.05, 4.69) is 6.92 Å². The van der Waals surface area contributed by atoms with Crippen LogP contribution in [0.25, 0.3) is 0 Å². The third kappa shape index (κ3) is 10.3. The zero-order valence-corrected chi connectivity index (χ0v) is 15.9. The van der Waals surface area contributed by atoms with Crippen LogP contribution in [0.5, 0.6) is 0 Å². The summed E-state index contributed by atoms with van der Waals surface area (Å²) in [5.41, 5.74) is 0.238. The first-order valence-corrected chi connectivity index (χ1v) is 10.2. The highest BCUT2D eigenvalue weighted by molar-refractivity contribution is 5.85. The van der Waals surface area contributed by atoms with Crippen molar-refractivity contribution in [1.29, 1.82) is 0 Å². The normalized spacial score (nSPS) is 12.4. The SMILES string of the molecule is CCCCCCCCCCCCCC(F)CCn1cccc1C(=O)O. The van der Waals surface area contributed by atoms with Crippen LogP contribution < -0.4 is 0 Å². The van der Waals surface area contributed by atoms with E-state index in [0.717, 1.165) is 12.8 Å². The van der Waals surface area contributed by atoms with E-state index in [9.17, 15) is 9.18 Å². The fourth-order valence-electron chi connectivity index (χ4n) is 3.26. The molecule has 0 spiro atoms. The van der Waals surface area contributed by atoms with Crippen LogP contribution in [0.1, 0.15) is 101 Å². The van der Waals surface area contributed by atoms with Crippen molar-refractivity contribution >= 4 is 5.97 Å². The van der Waals surface area contributed by atoms with Crippen LogP contribution in [0.4, 0.5) is 4.39 Å². The van der Waals surface area contributed by atoms with Crippen LogP contribution in [0.15, 0.2) is 18.3 Å². The summed E-state index contributed by atoms with van der Waals surface area (Å²) in [6.45, 7) is 2.68. The minimum absolute atomic E-state index is 0.238. The van der Waals surface area contributed by atoms with E-state index in [-0.39, 0.29) is 5.69 Å². The van der Waals surface area contributed by atoms with Gasteiger partial charge < -0.3 is 9.67 Å². The standard InChI is InChI=1S/C21H36FNO2/c1-2-3-4-5-6-7-8-9-10-11-12-14-19(22)16-18-23-17-13-15-20(23)21(24)25/h13,15,17,19H,2-12,14,16,18H2,1H3,(H,24,25). The van der Waals surface area contributed by atoms with Crippen molar-refractivity contribution in [2.45, 2.75) is 103 Å². The van der Waals surface area contributed by atoms with Gasteiger partial charge in [0.25, 0.3) is 0 Å². The highest BCUT2D eigenvalue weighted by Gasteiger charge is 2.11. The van der Waals surface area contributed by atoms with Crippen molar-refractivity contribution in [3.8, 4) is 0 Å². The van der Waals surface area contributed by atoms with Gasteiger partial charge in [-0.1, -0.05) is 77.6 Å². The first-order chi connectivity index (χ1) is 12.1. The molecule has 0 aliphatic rings. The number of unbranched alkanes of at least 4 members (excludes halogenated alkanes) is 10. The number of aryl methyl sites for hydroxylation is 1. The van der Waals surface area contributed by atoms with E-state index in [0.29, 0.717) is 19.4 Å². The van der Waals surface area contributed by atoms with Crippen LogP contribution in [0, 0.1) is 0 Å². The van der Waals surface area contributed by atoms with Crippen LogP contribution in [0.2, 0.25) is 0 Å². The number of hydrogen-bond acceptors (Lipinski definition) is 1. The van der Waals surface area contributed by atoms with Crippen LogP contribution >= 0.6 is 0 Å². The maximum absolute atomic E-state index is 13.9. The number of carboxylic acid groups (broad SMARTS) is 1. The second kappa shape index (κ2) is 13.9. The average Bonchev–Trinajstić information content (AvgIpc) is 3.06. The second-order valence-electron chi connectivity index (χ2n) is 7.10. The molecule has 0 amide bonds. The summed E-state index contributed by atoms with van der Waals surface area (Å²) in [6, 6.07) is 3.25. The van der Waals surface area contributed by atoms with E-state index in [4.69, 9.17) is 5.11 Å². The number of carbonyl (C=O) groups is 1. The van der Waals surface area contributed by atoms with Crippen molar-refractivity contribution in [1.82, 2.24) is 4.57 Å². The Labute approximate surface area is 152 Å². The molecule has 0 radical (unpaired) electrons. The number of nitrogens with zero attached hydrogens (tertiary/aromatic N) is 1. The molecule has 25 heavy (non-hydrogen) atoms. The van der Waals surface area contributed by atoms with Gasteiger partial charge in [0.2, 0.25) is 0 Å². The van der Waals surface area contributed by atoms with Crippen molar-refractivity contribution in [3.05, 3.63) is 24.0 Å². The summed E-state index contributed by atoms with van der Waals surface area (Å²) < 4.78 is 15.6. The highest BCUT2D eigenvalue weighted by atomic mass is 19.1. The Morgan fingerprint density at radius 3 is 2.12 bits per heavy atom. The van der Waals surface area contributed by atoms with Crippen molar-refractivity contribution < 1.29 is 14.3 Å².